The highest BCUT2D eigenvalue weighted by molar-refractivity contribution is 6.04. The number of aromatic nitrogens is 1. The molecular weight excluding hydrogens is 354 g/mol. The number of rotatable bonds is 3. The van der Waals surface area contributed by atoms with Gasteiger partial charge in [0, 0.05) is 23.7 Å². The van der Waals surface area contributed by atoms with Crippen LogP contribution in [-0.4, -0.2) is 27.9 Å². The van der Waals surface area contributed by atoms with Gasteiger partial charge in [0.15, 0.2) is 11.5 Å². The van der Waals surface area contributed by atoms with Crippen LogP contribution >= 0.6 is 0 Å². The van der Waals surface area contributed by atoms with Gasteiger partial charge in [0.05, 0.1) is 18.9 Å². The van der Waals surface area contributed by atoms with Crippen molar-refractivity contribution in [3.63, 3.8) is 0 Å². The molecule has 0 saturated carbocycles. The quantitative estimate of drug-likeness (QED) is 0.751. The lowest BCUT2D eigenvalue weighted by molar-refractivity contribution is -0.0236. The van der Waals surface area contributed by atoms with Gasteiger partial charge in [0.25, 0.3) is 0 Å². The Morgan fingerprint density at radius 1 is 1.07 bits per heavy atom. The molecule has 1 aromatic heterocycles. The first-order valence-electron chi connectivity index (χ1n) is 9.15. The van der Waals surface area contributed by atoms with Crippen LogP contribution in [0.4, 0.5) is 0 Å². The lowest BCUT2D eigenvalue weighted by atomic mass is 9.95. The number of hydrogen-bond donors (Lipinski definition) is 1. The molecular formula is C22H19N3O3. The molecule has 3 aromatic rings. The van der Waals surface area contributed by atoms with Crippen LogP contribution in [0.3, 0.4) is 0 Å². The largest absolute Gasteiger partial charge is 0.507 e. The molecule has 2 atom stereocenters. The van der Waals surface area contributed by atoms with E-state index in [1.54, 1.807) is 19.4 Å². The number of aromatic hydroxyl groups is 1. The Hall–Kier alpha value is -3.54. The maximum atomic E-state index is 10.3. The summed E-state index contributed by atoms with van der Waals surface area (Å²) < 4.78 is 11.9. The number of phenols is 1. The van der Waals surface area contributed by atoms with Crippen molar-refractivity contribution in [3.8, 4) is 17.2 Å². The smallest absolute Gasteiger partial charge is 0.230 e. The summed E-state index contributed by atoms with van der Waals surface area (Å²) in [5.74, 6) is 1.63. The maximum absolute atomic E-state index is 10.3. The lowest BCUT2D eigenvalue weighted by Gasteiger charge is -2.38. The first kappa shape index (κ1) is 16.6. The third-order valence-electron chi connectivity index (χ3n) is 5.16. The highest BCUT2D eigenvalue weighted by atomic mass is 16.5. The molecule has 0 unspecified atom stereocenters. The van der Waals surface area contributed by atoms with Gasteiger partial charge in [-0.15, -0.1) is 0 Å². The van der Waals surface area contributed by atoms with Crippen LogP contribution in [0.2, 0.25) is 0 Å². The van der Waals surface area contributed by atoms with Crippen molar-refractivity contribution in [3.05, 3.63) is 83.7 Å². The van der Waals surface area contributed by atoms with E-state index in [1.807, 2.05) is 59.6 Å². The number of methoxy groups -OCH3 is 1. The van der Waals surface area contributed by atoms with Crippen LogP contribution in [0.1, 0.15) is 35.5 Å². The minimum atomic E-state index is -0.474. The van der Waals surface area contributed by atoms with E-state index >= 15 is 0 Å². The number of fused-ring (bicyclic) bond motifs is 3. The fourth-order valence-corrected chi connectivity index (χ4v) is 3.84. The van der Waals surface area contributed by atoms with E-state index in [0.717, 1.165) is 28.3 Å². The Balaban J connectivity index is 1.64. The molecule has 3 heterocycles. The lowest BCUT2D eigenvalue weighted by Crippen LogP contribution is -2.34. The summed E-state index contributed by atoms with van der Waals surface area (Å²) >= 11 is 0. The highest BCUT2D eigenvalue weighted by Gasteiger charge is 2.42. The van der Waals surface area contributed by atoms with Gasteiger partial charge < -0.3 is 14.6 Å². The van der Waals surface area contributed by atoms with Crippen molar-refractivity contribution < 1.29 is 14.6 Å². The molecule has 0 aliphatic carbocycles. The monoisotopic (exact) mass is 373 g/mol. The zero-order valence-corrected chi connectivity index (χ0v) is 15.3. The topological polar surface area (TPSA) is 67.2 Å². The van der Waals surface area contributed by atoms with Crippen molar-refractivity contribution in [2.45, 2.75) is 18.7 Å². The van der Waals surface area contributed by atoms with Gasteiger partial charge in [0.1, 0.15) is 11.4 Å². The van der Waals surface area contributed by atoms with E-state index in [9.17, 15) is 5.11 Å². The summed E-state index contributed by atoms with van der Waals surface area (Å²) in [7, 11) is 1.64. The SMILES string of the molecule is COc1cccc2c1O[C@@H](c1ccccn1)N1N=C(c3ccccc3O)C[C@@H]21. The summed E-state index contributed by atoms with van der Waals surface area (Å²) in [5, 5.41) is 17.1. The van der Waals surface area contributed by atoms with E-state index in [4.69, 9.17) is 14.6 Å². The van der Waals surface area contributed by atoms with E-state index in [1.165, 1.54) is 0 Å². The van der Waals surface area contributed by atoms with E-state index in [0.29, 0.717) is 12.2 Å². The third kappa shape index (κ3) is 2.57. The molecule has 6 nitrogen and oxygen atoms in total. The normalized spacial score (nSPS) is 20.0. The summed E-state index contributed by atoms with van der Waals surface area (Å²) in [6.45, 7) is 0. The summed E-state index contributed by atoms with van der Waals surface area (Å²) in [4.78, 5) is 4.48. The fraction of sp³-hybridized carbons (Fsp3) is 0.182. The molecule has 140 valence electrons. The van der Waals surface area contributed by atoms with Gasteiger partial charge in [-0.05, 0) is 30.3 Å². The van der Waals surface area contributed by atoms with Gasteiger partial charge in [-0.25, -0.2) is 5.01 Å². The van der Waals surface area contributed by atoms with Crippen LogP contribution < -0.4 is 9.47 Å². The molecule has 28 heavy (non-hydrogen) atoms. The standard InChI is InChI=1S/C22H19N3O3/c1-27-20-11-6-8-15-18-13-17(14-7-2-3-10-19(14)26)24-25(18)22(28-21(15)20)16-9-4-5-12-23-16/h2-12,18,22,26H,13H2,1H3/t18-,22-/m0/s1. The molecule has 2 aliphatic rings. The van der Waals surface area contributed by atoms with E-state index in [-0.39, 0.29) is 11.8 Å². The van der Waals surface area contributed by atoms with E-state index in [2.05, 4.69) is 4.98 Å². The Bertz CT molecular complexity index is 1050. The fourth-order valence-electron chi connectivity index (χ4n) is 3.84. The Kier molecular flexibility index (Phi) is 3.90. The average molecular weight is 373 g/mol. The van der Waals surface area contributed by atoms with Crippen LogP contribution in [0.5, 0.6) is 17.2 Å². The van der Waals surface area contributed by atoms with Gasteiger partial charge in [-0.3, -0.25) is 4.98 Å². The molecule has 6 heteroatoms. The zero-order valence-electron chi connectivity index (χ0n) is 15.3. The van der Waals surface area contributed by atoms with Crippen molar-refractivity contribution >= 4 is 5.71 Å². The van der Waals surface area contributed by atoms with Crippen molar-refractivity contribution in [1.82, 2.24) is 9.99 Å². The van der Waals surface area contributed by atoms with Gasteiger partial charge in [-0.2, -0.15) is 5.10 Å². The second-order valence-corrected chi connectivity index (χ2v) is 6.77. The third-order valence-corrected chi connectivity index (χ3v) is 5.16. The molecule has 0 saturated heterocycles. The molecule has 0 radical (unpaired) electrons. The average Bonchev–Trinajstić information content (AvgIpc) is 3.19. The van der Waals surface area contributed by atoms with Crippen molar-refractivity contribution in [2.24, 2.45) is 5.10 Å². The molecule has 0 spiro atoms. The summed E-state index contributed by atoms with van der Waals surface area (Å²) in [6, 6.07) is 18.9. The van der Waals surface area contributed by atoms with Gasteiger partial charge in [-0.1, -0.05) is 30.3 Å². The Labute approximate surface area is 162 Å². The Morgan fingerprint density at radius 3 is 2.71 bits per heavy atom. The predicted octanol–water partition coefficient (Wildman–Crippen LogP) is 4.04. The first-order valence-corrected chi connectivity index (χ1v) is 9.15. The van der Waals surface area contributed by atoms with Gasteiger partial charge >= 0.3 is 0 Å². The highest BCUT2D eigenvalue weighted by Crippen LogP contribution is 2.50. The predicted molar refractivity (Wildman–Crippen MR) is 104 cm³/mol. The summed E-state index contributed by atoms with van der Waals surface area (Å²) in [6.07, 6.45) is 1.93. The van der Waals surface area contributed by atoms with Crippen LogP contribution in [-0.2, 0) is 0 Å². The zero-order chi connectivity index (χ0) is 19.1. The number of hydrogen-bond acceptors (Lipinski definition) is 6. The molecule has 0 fully saturated rings. The van der Waals surface area contributed by atoms with Crippen molar-refractivity contribution in [1.29, 1.82) is 0 Å². The molecule has 5 rings (SSSR count). The van der Waals surface area contributed by atoms with Crippen molar-refractivity contribution in [2.75, 3.05) is 7.11 Å². The number of ether oxygens (including phenoxy) is 2. The number of nitrogens with zero attached hydrogens (tertiary/aromatic N) is 3. The van der Waals surface area contributed by atoms with Crippen LogP contribution in [0.25, 0.3) is 0 Å². The minimum absolute atomic E-state index is 0.0273. The molecule has 2 aliphatic heterocycles. The van der Waals surface area contributed by atoms with E-state index < -0.39 is 6.23 Å². The first-order chi connectivity index (χ1) is 13.8. The molecule has 2 aromatic carbocycles. The van der Waals surface area contributed by atoms with Crippen LogP contribution in [0.15, 0.2) is 72.0 Å². The van der Waals surface area contributed by atoms with Gasteiger partial charge in [0.2, 0.25) is 6.23 Å². The molecule has 0 amide bonds. The number of pyridine rings is 1. The molecule has 1 N–H and O–H groups in total. The summed E-state index contributed by atoms with van der Waals surface area (Å²) in [5.41, 5.74) is 3.34. The number of phenolic OH excluding ortho intramolecular Hbond substituents is 1. The number of benzene rings is 2. The Morgan fingerprint density at radius 2 is 1.93 bits per heavy atom. The second kappa shape index (κ2) is 6.56. The molecule has 0 bridgehead atoms. The second-order valence-electron chi connectivity index (χ2n) is 6.77. The minimum Gasteiger partial charge on any atom is -0.507 e. The maximum Gasteiger partial charge on any atom is 0.230 e. The number of para-hydroxylation sites is 2. The number of hydrazone groups is 1. The van der Waals surface area contributed by atoms with Crippen LogP contribution in [0, 0.1) is 0 Å².